The van der Waals surface area contributed by atoms with E-state index in [9.17, 15) is 4.39 Å². The third-order valence-corrected chi connectivity index (χ3v) is 3.96. The average molecular weight is 377 g/mol. The molecule has 1 heterocycles. The van der Waals surface area contributed by atoms with E-state index in [1.807, 2.05) is 38.4 Å². The number of rotatable bonds is 6. The molecule has 0 aliphatic carbocycles. The quantitative estimate of drug-likeness (QED) is 0.713. The van der Waals surface area contributed by atoms with Crippen molar-refractivity contribution in [3.63, 3.8) is 0 Å². The highest BCUT2D eigenvalue weighted by atomic mass is 35.5. The number of nitrogens with two attached hydrogens (primary N) is 1. The second kappa shape index (κ2) is 8.89. The normalized spacial score (nSPS) is 12.0. The van der Waals surface area contributed by atoms with Crippen molar-refractivity contribution in [3.8, 4) is 11.4 Å². The summed E-state index contributed by atoms with van der Waals surface area (Å²) in [5, 5.41) is 4.06. The first-order chi connectivity index (χ1) is 12.1. The van der Waals surface area contributed by atoms with Crippen LogP contribution in [0.3, 0.4) is 0 Å². The van der Waals surface area contributed by atoms with Crippen molar-refractivity contribution in [2.75, 3.05) is 20.6 Å². The maximum absolute atomic E-state index is 13.1. The van der Waals surface area contributed by atoms with Crippen LogP contribution in [0, 0.1) is 5.82 Å². The van der Waals surface area contributed by atoms with Crippen molar-refractivity contribution in [3.05, 3.63) is 71.4 Å². The molecule has 1 aromatic heterocycles. The summed E-state index contributed by atoms with van der Waals surface area (Å²) in [6, 6.07) is 14.2. The molecule has 0 bridgehead atoms. The molecule has 0 fully saturated rings. The molecule has 0 amide bonds. The van der Waals surface area contributed by atoms with E-state index in [1.54, 1.807) is 12.1 Å². The molecule has 0 saturated heterocycles. The maximum atomic E-state index is 13.1. The lowest BCUT2D eigenvalue weighted by atomic mass is 9.99. The standard InChI is InChI=1S/C19H21FN4O.ClH/c1-24(2)12-13-3-5-15(6-4-13)18-22-19(25-23-18)17(11-21)14-7-9-16(20)10-8-14;/h3-10,17H,11-12,21H2,1-2H3;1H. The van der Waals surface area contributed by atoms with Gasteiger partial charge in [-0.1, -0.05) is 41.6 Å². The summed E-state index contributed by atoms with van der Waals surface area (Å²) in [4.78, 5) is 6.59. The van der Waals surface area contributed by atoms with Crippen molar-refractivity contribution in [1.29, 1.82) is 0 Å². The SMILES string of the molecule is CN(C)Cc1ccc(-c2noc(C(CN)c3ccc(F)cc3)n2)cc1.Cl. The van der Waals surface area contributed by atoms with Gasteiger partial charge >= 0.3 is 0 Å². The van der Waals surface area contributed by atoms with E-state index in [1.165, 1.54) is 17.7 Å². The highest BCUT2D eigenvalue weighted by molar-refractivity contribution is 5.85. The molecule has 0 aliphatic heterocycles. The molecular formula is C19H22ClFN4O. The van der Waals surface area contributed by atoms with Gasteiger partial charge in [-0.15, -0.1) is 12.4 Å². The Hall–Kier alpha value is -2.28. The summed E-state index contributed by atoms with van der Waals surface area (Å²) in [6.07, 6.45) is 0. The first-order valence-corrected chi connectivity index (χ1v) is 8.10. The van der Waals surface area contributed by atoms with E-state index in [4.69, 9.17) is 10.3 Å². The summed E-state index contributed by atoms with van der Waals surface area (Å²) >= 11 is 0. The second-order valence-corrected chi connectivity index (χ2v) is 6.23. The van der Waals surface area contributed by atoms with Crippen LogP contribution < -0.4 is 5.73 Å². The molecule has 0 radical (unpaired) electrons. The van der Waals surface area contributed by atoms with Gasteiger partial charge in [0.05, 0.1) is 5.92 Å². The lowest BCUT2D eigenvalue weighted by Crippen LogP contribution is -2.14. The van der Waals surface area contributed by atoms with E-state index < -0.39 is 0 Å². The monoisotopic (exact) mass is 376 g/mol. The predicted octanol–water partition coefficient (Wildman–Crippen LogP) is 3.45. The van der Waals surface area contributed by atoms with Crippen LogP contribution in [0.4, 0.5) is 4.39 Å². The molecule has 7 heteroatoms. The lowest BCUT2D eigenvalue weighted by Gasteiger charge is -2.10. The van der Waals surface area contributed by atoms with Gasteiger partial charge in [0.1, 0.15) is 5.82 Å². The maximum Gasteiger partial charge on any atom is 0.235 e. The minimum Gasteiger partial charge on any atom is -0.338 e. The van der Waals surface area contributed by atoms with Crippen molar-refractivity contribution >= 4 is 12.4 Å². The fourth-order valence-corrected chi connectivity index (χ4v) is 2.69. The highest BCUT2D eigenvalue weighted by Crippen LogP contribution is 2.25. The Kier molecular flexibility index (Phi) is 6.85. The van der Waals surface area contributed by atoms with E-state index in [2.05, 4.69) is 15.0 Å². The number of halogens is 2. The molecule has 0 saturated carbocycles. The summed E-state index contributed by atoms with van der Waals surface area (Å²) < 4.78 is 18.5. The smallest absolute Gasteiger partial charge is 0.235 e. The fraction of sp³-hybridized carbons (Fsp3) is 0.263. The Morgan fingerprint density at radius 1 is 1.08 bits per heavy atom. The first kappa shape index (κ1) is 20.0. The topological polar surface area (TPSA) is 68.2 Å². The van der Waals surface area contributed by atoms with Crippen LogP contribution in [-0.4, -0.2) is 35.7 Å². The van der Waals surface area contributed by atoms with Gasteiger partial charge in [0.25, 0.3) is 0 Å². The van der Waals surface area contributed by atoms with E-state index >= 15 is 0 Å². The van der Waals surface area contributed by atoms with Gasteiger partial charge in [-0.05, 0) is 37.4 Å². The van der Waals surface area contributed by atoms with Crippen LogP contribution in [-0.2, 0) is 6.54 Å². The van der Waals surface area contributed by atoms with Gasteiger partial charge in [-0.25, -0.2) is 4.39 Å². The first-order valence-electron chi connectivity index (χ1n) is 8.10. The number of hydrogen-bond acceptors (Lipinski definition) is 5. The van der Waals surface area contributed by atoms with Crippen LogP contribution in [0.15, 0.2) is 53.1 Å². The second-order valence-electron chi connectivity index (χ2n) is 6.23. The van der Waals surface area contributed by atoms with Gasteiger partial charge < -0.3 is 15.2 Å². The molecule has 2 aromatic carbocycles. The van der Waals surface area contributed by atoms with E-state index in [-0.39, 0.29) is 24.1 Å². The van der Waals surface area contributed by atoms with Crippen molar-refractivity contribution in [1.82, 2.24) is 15.0 Å². The Morgan fingerprint density at radius 2 is 1.73 bits per heavy atom. The summed E-state index contributed by atoms with van der Waals surface area (Å²) in [5.74, 6) is 0.409. The Labute approximate surface area is 158 Å². The minimum atomic E-state index is -0.288. The van der Waals surface area contributed by atoms with Crippen molar-refractivity contribution in [2.24, 2.45) is 5.73 Å². The highest BCUT2D eigenvalue weighted by Gasteiger charge is 2.20. The van der Waals surface area contributed by atoms with Crippen LogP contribution in [0.5, 0.6) is 0 Å². The lowest BCUT2D eigenvalue weighted by molar-refractivity contribution is 0.367. The van der Waals surface area contributed by atoms with Crippen molar-refractivity contribution < 1.29 is 8.91 Å². The molecule has 26 heavy (non-hydrogen) atoms. The predicted molar refractivity (Wildman–Crippen MR) is 102 cm³/mol. The molecule has 0 aliphatic rings. The molecule has 3 rings (SSSR count). The third-order valence-electron chi connectivity index (χ3n) is 3.96. The van der Waals surface area contributed by atoms with Gasteiger partial charge in [0.2, 0.25) is 11.7 Å². The van der Waals surface area contributed by atoms with Crippen LogP contribution >= 0.6 is 12.4 Å². The number of benzene rings is 2. The zero-order valence-corrected chi connectivity index (χ0v) is 15.5. The summed E-state index contributed by atoms with van der Waals surface area (Å²) in [5.41, 5.74) is 8.80. The van der Waals surface area contributed by atoms with Crippen LogP contribution in [0.25, 0.3) is 11.4 Å². The van der Waals surface area contributed by atoms with Crippen LogP contribution in [0.1, 0.15) is 22.9 Å². The van der Waals surface area contributed by atoms with Crippen LogP contribution in [0.2, 0.25) is 0 Å². The van der Waals surface area contributed by atoms with E-state index in [0.717, 1.165) is 17.7 Å². The fourth-order valence-electron chi connectivity index (χ4n) is 2.69. The van der Waals surface area contributed by atoms with E-state index in [0.29, 0.717) is 18.3 Å². The number of nitrogens with zero attached hydrogens (tertiary/aromatic N) is 3. The average Bonchev–Trinajstić information content (AvgIpc) is 3.07. The molecular weight excluding hydrogens is 355 g/mol. The molecule has 2 N–H and O–H groups in total. The third kappa shape index (κ3) is 4.66. The summed E-state index contributed by atoms with van der Waals surface area (Å²) in [7, 11) is 4.06. The number of aromatic nitrogens is 2. The Morgan fingerprint density at radius 3 is 2.31 bits per heavy atom. The van der Waals surface area contributed by atoms with Gasteiger partial charge in [0, 0.05) is 18.7 Å². The molecule has 1 atom stereocenters. The molecule has 138 valence electrons. The van der Waals surface area contributed by atoms with Gasteiger partial charge in [-0.2, -0.15) is 4.98 Å². The zero-order chi connectivity index (χ0) is 17.8. The molecule has 3 aromatic rings. The largest absolute Gasteiger partial charge is 0.338 e. The minimum absolute atomic E-state index is 0. The van der Waals surface area contributed by atoms with Gasteiger partial charge in [0.15, 0.2) is 0 Å². The zero-order valence-electron chi connectivity index (χ0n) is 14.7. The Bertz CT molecular complexity index is 818. The summed E-state index contributed by atoms with van der Waals surface area (Å²) in [6.45, 7) is 1.17. The molecule has 5 nitrogen and oxygen atoms in total. The van der Waals surface area contributed by atoms with Crippen molar-refractivity contribution in [2.45, 2.75) is 12.5 Å². The number of hydrogen-bond donors (Lipinski definition) is 1. The van der Waals surface area contributed by atoms with Gasteiger partial charge in [-0.3, -0.25) is 0 Å². The Balaban J connectivity index is 0.00000243. The molecule has 0 spiro atoms. The molecule has 1 unspecified atom stereocenters.